The number of primary amides is 1. The van der Waals surface area contributed by atoms with E-state index in [0.29, 0.717) is 5.57 Å². The maximum Gasteiger partial charge on any atom is 0.244 e. The Bertz CT molecular complexity index is 496. The molecule has 0 unspecified atom stereocenters. The summed E-state index contributed by atoms with van der Waals surface area (Å²) in [6, 6.07) is 3.90. The average Bonchev–Trinajstić information content (AvgIpc) is 2.37. The molecule has 0 aliphatic heterocycles. The molecule has 0 spiro atoms. The third-order valence-corrected chi connectivity index (χ3v) is 2.28. The molecule has 0 atom stereocenters. The highest BCUT2D eigenvalue weighted by Crippen LogP contribution is 2.16. The Labute approximate surface area is 108 Å². The lowest BCUT2D eigenvalue weighted by molar-refractivity contribution is -0.114. The van der Waals surface area contributed by atoms with Crippen molar-refractivity contribution in [3.05, 3.63) is 47.3 Å². The van der Waals surface area contributed by atoms with E-state index in [1.165, 1.54) is 0 Å². The predicted molar refractivity (Wildman–Crippen MR) is 75.5 cm³/mol. The molecule has 1 aromatic heterocycles. The van der Waals surface area contributed by atoms with Crippen LogP contribution < -0.4 is 5.73 Å². The molecule has 2 N–H and O–H groups in total. The minimum Gasteiger partial charge on any atom is -0.366 e. The molecule has 3 nitrogen and oxygen atoms in total. The van der Waals surface area contributed by atoms with Gasteiger partial charge in [0.05, 0.1) is 5.69 Å². The quantitative estimate of drug-likeness (QED) is 0.503. The first-order valence-electron chi connectivity index (χ1n) is 5.45. The van der Waals surface area contributed by atoms with Gasteiger partial charge in [-0.25, -0.2) is 0 Å². The van der Waals surface area contributed by atoms with Gasteiger partial charge in [-0.15, -0.1) is 12.8 Å². The fraction of sp³-hybridized carbons (Fsp3) is 0.200. The van der Waals surface area contributed by atoms with E-state index in [1.54, 1.807) is 19.2 Å². The smallest absolute Gasteiger partial charge is 0.244 e. The molecule has 0 saturated carbocycles. The van der Waals surface area contributed by atoms with Crippen LogP contribution in [0.15, 0.2) is 36.1 Å². The number of aryl methyl sites for hydroxylation is 1. The van der Waals surface area contributed by atoms with E-state index in [4.69, 9.17) is 5.73 Å². The van der Waals surface area contributed by atoms with Crippen LogP contribution in [0, 0.1) is 19.8 Å². The van der Waals surface area contributed by atoms with Gasteiger partial charge in [-0.3, -0.25) is 9.78 Å². The lowest BCUT2D eigenvalue weighted by atomic mass is 10.1. The van der Waals surface area contributed by atoms with Gasteiger partial charge >= 0.3 is 0 Å². The van der Waals surface area contributed by atoms with Crippen LogP contribution in [0.5, 0.6) is 0 Å². The molecule has 1 rings (SSSR count). The van der Waals surface area contributed by atoms with E-state index in [-0.39, 0.29) is 0 Å². The van der Waals surface area contributed by atoms with Crippen molar-refractivity contribution in [2.24, 2.45) is 5.73 Å². The summed E-state index contributed by atoms with van der Waals surface area (Å²) in [5.41, 5.74) is 8.60. The summed E-state index contributed by atoms with van der Waals surface area (Å²) in [6.45, 7) is 5.61. The number of aromatic nitrogens is 1. The summed E-state index contributed by atoms with van der Waals surface area (Å²) >= 11 is 0. The number of hydrogen-bond acceptors (Lipinski definition) is 2. The molecule has 18 heavy (non-hydrogen) atoms. The molecule has 3 heteroatoms. The zero-order chi connectivity index (χ0) is 14.1. The summed E-state index contributed by atoms with van der Waals surface area (Å²) in [5.74, 6) is -0.410. The number of nitrogens with zero attached hydrogens (tertiary/aromatic N) is 1. The first-order valence-corrected chi connectivity index (χ1v) is 5.45. The van der Waals surface area contributed by atoms with Crippen molar-refractivity contribution in [1.29, 1.82) is 0 Å². The Morgan fingerprint density at radius 2 is 2.06 bits per heavy atom. The Kier molecular flexibility index (Phi) is 6.83. The summed E-state index contributed by atoms with van der Waals surface area (Å²) in [6.07, 6.45) is 13.4. The predicted octanol–water partition coefficient (Wildman–Crippen LogP) is 2.47. The van der Waals surface area contributed by atoms with Crippen LogP contribution in [0.3, 0.4) is 0 Å². The highest BCUT2D eigenvalue weighted by molar-refractivity contribution is 5.94. The van der Waals surface area contributed by atoms with Gasteiger partial charge in [0, 0.05) is 11.8 Å². The van der Waals surface area contributed by atoms with E-state index in [1.807, 2.05) is 32.1 Å². The van der Waals surface area contributed by atoms with Gasteiger partial charge in [0.15, 0.2) is 0 Å². The second-order valence-corrected chi connectivity index (χ2v) is 3.65. The van der Waals surface area contributed by atoms with Gasteiger partial charge in [-0.2, -0.15) is 0 Å². The topological polar surface area (TPSA) is 56.0 Å². The second kappa shape index (κ2) is 7.86. The molecule has 1 amide bonds. The van der Waals surface area contributed by atoms with Crippen molar-refractivity contribution >= 4 is 11.5 Å². The molecule has 94 valence electrons. The SMILES string of the molecule is C#C.C/C=C(\C=C(/C)C(N)=O)c1cc(C)ccn1. The van der Waals surface area contributed by atoms with E-state index in [9.17, 15) is 4.79 Å². The lowest BCUT2D eigenvalue weighted by Crippen LogP contribution is -2.11. The number of allylic oxidation sites excluding steroid dienone is 3. The normalized spacial score (nSPS) is 11.4. The van der Waals surface area contributed by atoms with Gasteiger partial charge in [-0.05, 0) is 50.1 Å². The third kappa shape index (κ3) is 4.67. The fourth-order valence-electron chi connectivity index (χ4n) is 1.30. The summed E-state index contributed by atoms with van der Waals surface area (Å²) in [4.78, 5) is 15.2. The fourth-order valence-corrected chi connectivity index (χ4v) is 1.30. The van der Waals surface area contributed by atoms with Crippen LogP contribution in [0.2, 0.25) is 0 Å². The molecule has 1 heterocycles. The highest BCUT2D eigenvalue weighted by Gasteiger charge is 2.03. The molecule has 0 aromatic carbocycles. The second-order valence-electron chi connectivity index (χ2n) is 3.65. The van der Waals surface area contributed by atoms with Crippen molar-refractivity contribution in [3.8, 4) is 12.8 Å². The van der Waals surface area contributed by atoms with Gasteiger partial charge in [0.2, 0.25) is 5.91 Å². The van der Waals surface area contributed by atoms with Gasteiger partial charge in [0.1, 0.15) is 0 Å². The molecular formula is C15H18N2O. The number of pyridine rings is 1. The van der Waals surface area contributed by atoms with Gasteiger partial charge in [-0.1, -0.05) is 6.08 Å². The molecular weight excluding hydrogens is 224 g/mol. The van der Waals surface area contributed by atoms with E-state index in [0.717, 1.165) is 16.8 Å². The standard InChI is InChI=1S/C13H16N2O.C2H2/c1-4-11(8-10(3)13(14)16)12-7-9(2)5-6-15-12;1-2/h4-8H,1-3H3,(H2,14,16);1-2H/b10-8+,11-4+;. The Hall–Kier alpha value is -2.34. The molecule has 0 fully saturated rings. The number of carbonyl (C=O) groups excluding carboxylic acids is 1. The largest absolute Gasteiger partial charge is 0.366 e. The number of carbonyl (C=O) groups is 1. The van der Waals surface area contributed by atoms with Crippen LogP contribution in [0.25, 0.3) is 5.57 Å². The van der Waals surface area contributed by atoms with Crippen LogP contribution in [0.4, 0.5) is 0 Å². The maximum atomic E-state index is 11.0. The number of terminal acetylenes is 1. The maximum absolute atomic E-state index is 11.0. The number of rotatable bonds is 3. The first-order chi connectivity index (χ1) is 8.54. The van der Waals surface area contributed by atoms with E-state index >= 15 is 0 Å². The van der Waals surface area contributed by atoms with Crippen molar-refractivity contribution in [1.82, 2.24) is 4.98 Å². The van der Waals surface area contributed by atoms with E-state index < -0.39 is 5.91 Å². The van der Waals surface area contributed by atoms with Crippen molar-refractivity contribution in [2.45, 2.75) is 20.8 Å². The minimum absolute atomic E-state index is 0.410. The Morgan fingerprint density at radius 3 is 2.50 bits per heavy atom. The molecule has 0 aliphatic rings. The lowest BCUT2D eigenvalue weighted by Gasteiger charge is -2.03. The number of amides is 1. The van der Waals surface area contributed by atoms with Crippen molar-refractivity contribution in [3.63, 3.8) is 0 Å². The minimum atomic E-state index is -0.410. The molecule has 0 radical (unpaired) electrons. The van der Waals surface area contributed by atoms with Crippen molar-refractivity contribution < 1.29 is 4.79 Å². The zero-order valence-corrected chi connectivity index (χ0v) is 11.0. The summed E-state index contributed by atoms with van der Waals surface area (Å²) in [5, 5.41) is 0. The summed E-state index contributed by atoms with van der Waals surface area (Å²) < 4.78 is 0. The van der Waals surface area contributed by atoms with E-state index in [2.05, 4.69) is 17.8 Å². The first kappa shape index (κ1) is 15.7. The Balaban J connectivity index is 0.00000137. The number of hydrogen-bond donors (Lipinski definition) is 1. The molecule has 0 aliphatic carbocycles. The molecule has 1 aromatic rings. The average molecular weight is 242 g/mol. The number of nitrogens with two attached hydrogens (primary N) is 1. The van der Waals surface area contributed by atoms with Gasteiger partial charge in [0.25, 0.3) is 0 Å². The Morgan fingerprint density at radius 1 is 1.44 bits per heavy atom. The van der Waals surface area contributed by atoms with Crippen LogP contribution in [-0.2, 0) is 4.79 Å². The monoisotopic (exact) mass is 242 g/mol. The van der Waals surface area contributed by atoms with Crippen LogP contribution >= 0.6 is 0 Å². The zero-order valence-electron chi connectivity index (χ0n) is 11.0. The molecule has 0 saturated heterocycles. The van der Waals surface area contributed by atoms with Crippen LogP contribution in [-0.4, -0.2) is 10.9 Å². The third-order valence-electron chi connectivity index (χ3n) is 2.28. The van der Waals surface area contributed by atoms with Gasteiger partial charge < -0.3 is 5.73 Å². The highest BCUT2D eigenvalue weighted by atomic mass is 16.1. The van der Waals surface area contributed by atoms with Crippen molar-refractivity contribution in [2.75, 3.05) is 0 Å². The summed E-state index contributed by atoms with van der Waals surface area (Å²) in [7, 11) is 0. The molecule has 0 bridgehead atoms. The van der Waals surface area contributed by atoms with Crippen LogP contribution in [0.1, 0.15) is 25.1 Å².